The van der Waals surface area contributed by atoms with E-state index in [9.17, 15) is 18.4 Å². The maximum Gasteiger partial charge on any atom is 0.404 e. The highest BCUT2D eigenvalue weighted by molar-refractivity contribution is 6.09. The van der Waals surface area contributed by atoms with Gasteiger partial charge in [-0.3, -0.25) is 4.79 Å². The van der Waals surface area contributed by atoms with Crippen molar-refractivity contribution in [1.82, 2.24) is 19.9 Å². The molecule has 1 fully saturated rings. The van der Waals surface area contributed by atoms with E-state index in [2.05, 4.69) is 20.7 Å². The Morgan fingerprint density at radius 1 is 1.30 bits per heavy atom. The summed E-state index contributed by atoms with van der Waals surface area (Å²) in [6, 6.07) is 4.04. The number of nitrogens with one attached hydrogen (secondary N) is 2. The van der Waals surface area contributed by atoms with Crippen LogP contribution >= 0.6 is 0 Å². The number of hydrogen-bond donors (Lipinski definition) is 3. The van der Waals surface area contributed by atoms with Crippen molar-refractivity contribution in [1.29, 1.82) is 0 Å². The summed E-state index contributed by atoms with van der Waals surface area (Å²) in [5.74, 6) is -2.35. The van der Waals surface area contributed by atoms with Crippen molar-refractivity contribution in [3.05, 3.63) is 41.7 Å². The summed E-state index contributed by atoms with van der Waals surface area (Å²) < 4.78 is 41.4. The van der Waals surface area contributed by atoms with Gasteiger partial charge >= 0.3 is 6.09 Å². The van der Waals surface area contributed by atoms with Gasteiger partial charge in [0.05, 0.1) is 31.6 Å². The number of ether oxygens (including phenoxy) is 2. The van der Waals surface area contributed by atoms with Crippen LogP contribution in [0.1, 0.15) is 36.2 Å². The highest BCUT2D eigenvalue weighted by Gasteiger charge is 2.41. The third-order valence-electron chi connectivity index (χ3n) is 6.29. The second-order valence-corrected chi connectivity index (χ2v) is 9.85. The van der Waals surface area contributed by atoms with E-state index in [4.69, 9.17) is 14.6 Å². The predicted octanol–water partition coefficient (Wildman–Crippen LogP) is 3.19. The lowest BCUT2D eigenvalue weighted by atomic mass is 10.0. The number of benzene rings is 1. The molecular weight excluding hydrogens is 490 g/mol. The molecule has 0 bridgehead atoms. The Bertz CT molecular complexity index is 1390. The van der Waals surface area contributed by atoms with E-state index in [1.165, 1.54) is 35.0 Å². The van der Waals surface area contributed by atoms with E-state index in [0.29, 0.717) is 23.6 Å². The number of methoxy groups -OCH3 is 1. The molecule has 1 aromatic carbocycles. The molecule has 2 aromatic heterocycles. The number of hydrogen-bond acceptors (Lipinski definition) is 7. The lowest BCUT2D eigenvalue weighted by Crippen LogP contribution is -2.55. The van der Waals surface area contributed by atoms with E-state index in [-0.39, 0.29) is 29.2 Å². The second kappa shape index (κ2) is 8.75. The van der Waals surface area contributed by atoms with Gasteiger partial charge in [0.25, 0.3) is 11.8 Å². The number of alkyl halides is 2. The van der Waals surface area contributed by atoms with Crippen molar-refractivity contribution in [3.63, 3.8) is 0 Å². The minimum Gasteiger partial charge on any atom is -0.494 e. The zero-order valence-corrected chi connectivity index (χ0v) is 20.4. The number of carbonyl (C=O) groups is 2. The van der Waals surface area contributed by atoms with Crippen LogP contribution in [0.3, 0.4) is 0 Å². The monoisotopic (exact) mass is 516 g/mol. The van der Waals surface area contributed by atoms with Gasteiger partial charge in [-0.15, -0.1) is 0 Å². The van der Waals surface area contributed by atoms with E-state index in [1.54, 1.807) is 12.1 Å². The van der Waals surface area contributed by atoms with Gasteiger partial charge in [0.15, 0.2) is 5.65 Å². The van der Waals surface area contributed by atoms with Gasteiger partial charge in [0.1, 0.15) is 28.5 Å². The van der Waals surface area contributed by atoms with Crippen LogP contribution in [0, 0.1) is 0 Å². The number of fused-ring (bicyclic) bond motifs is 2. The molecule has 0 spiro atoms. The van der Waals surface area contributed by atoms with Gasteiger partial charge < -0.3 is 30.1 Å². The Morgan fingerprint density at radius 3 is 2.81 bits per heavy atom. The molecule has 2 amide bonds. The van der Waals surface area contributed by atoms with Crippen LogP contribution in [0.2, 0.25) is 0 Å². The molecule has 5 rings (SSSR count). The molecule has 2 aliphatic heterocycles. The van der Waals surface area contributed by atoms with Crippen LogP contribution in [-0.4, -0.2) is 69.5 Å². The number of rotatable bonds is 5. The topological polar surface area (TPSA) is 130 Å². The van der Waals surface area contributed by atoms with Gasteiger partial charge in [-0.2, -0.15) is 5.10 Å². The van der Waals surface area contributed by atoms with E-state index < -0.39 is 36.9 Å². The second-order valence-electron chi connectivity index (χ2n) is 9.85. The standard InChI is InChI=1S/C24H26F2N6O5/c1-23(2)8-13-6-16(18(36-3)7-17(13)37-23)29-21(33)15-10-27-32-5-4-19(30-20(15)32)31-11-14(28-22(34)35)9-24(25,26)12-31/h4-7,10,14,28H,8-9,11-12H2,1-3H3,(H,29,33)(H,34,35). The molecule has 0 radical (unpaired) electrons. The SMILES string of the molecule is COc1cc2c(cc1NC(=O)c1cnn3ccc(N4CC(NC(=O)O)CC(F)(F)C4)nc13)CC(C)(C)O2. The van der Waals surface area contributed by atoms with Crippen LogP contribution in [0.5, 0.6) is 11.5 Å². The summed E-state index contributed by atoms with van der Waals surface area (Å²) in [5.41, 5.74) is 1.29. The summed E-state index contributed by atoms with van der Waals surface area (Å²) in [6.07, 6.45) is 1.53. The fourth-order valence-electron chi connectivity index (χ4n) is 4.83. The fraction of sp³-hybridized carbons (Fsp3) is 0.417. The summed E-state index contributed by atoms with van der Waals surface area (Å²) in [5, 5.41) is 18.1. The molecule has 11 nitrogen and oxygen atoms in total. The normalized spacial score (nSPS) is 19.7. The average molecular weight is 517 g/mol. The predicted molar refractivity (Wildman–Crippen MR) is 129 cm³/mol. The number of amides is 2. The van der Waals surface area contributed by atoms with Gasteiger partial charge in [-0.1, -0.05) is 0 Å². The number of carbonyl (C=O) groups excluding carboxylic acids is 1. The zero-order chi connectivity index (χ0) is 26.5. The Balaban J connectivity index is 1.42. The van der Waals surface area contributed by atoms with Crippen LogP contribution in [0.4, 0.5) is 25.1 Å². The number of halogens is 2. The molecule has 3 N–H and O–H groups in total. The van der Waals surface area contributed by atoms with E-state index in [1.807, 2.05) is 13.8 Å². The Kier molecular flexibility index (Phi) is 5.80. The first kappa shape index (κ1) is 24.5. The molecule has 0 aliphatic carbocycles. The summed E-state index contributed by atoms with van der Waals surface area (Å²) >= 11 is 0. The largest absolute Gasteiger partial charge is 0.494 e. The molecule has 196 valence electrons. The fourth-order valence-corrected chi connectivity index (χ4v) is 4.83. The summed E-state index contributed by atoms with van der Waals surface area (Å²) in [7, 11) is 1.49. The van der Waals surface area contributed by atoms with Crippen molar-refractivity contribution >= 4 is 29.2 Å². The van der Waals surface area contributed by atoms with Crippen molar-refractivity contribution in [2.45, 2.75) is 44.3 Å². The van der Waals surface area contributed by atoms with Crippen LogP contribution in [0.25, 0.3) is 5.65 Å². The number of aromatic nitrogens is 3. The Labute approximate surface area is 210 Å². The quantitative estimate of drug-likeness (QED) is 0.472. The van der Waals surface area contributed by atoms with Gasteiger partial charge in [-0.05, 0) is 26.0 Å². The van der Waals surface area contributed by atoms with Crippen LogP contribution < -0.4 is 25.0 Å². The zero-order valence-electron chi connectivity index (χ0n) is 20.4. The van der Waals surface area contributed by atoms with Crippen molar-refractivity contribution in [3.8, 4) is 11.5 Å². The lowest BCUT2D eigenvalue weighted by molar-refractivity contribution is -0.0209. The van der Waals surface area contributed by atoms with Crippen LogP contribution in [-0.2, 0) is 6.42 Å². The molecule has 13 heteroatoms. The molecule has 0 saturated carbocycles. The van der Waals surface area contributed by atoms with Crippen molar-refractivity contribution in [2.24, 2.45) is 0 Å². The first-order chi connectivity index (χ1) is 17.4. The number of piperidine rings is 1. The Hall–Kier alpha value is -4.16. The first-order valence-corrected chi connectivity index (χ1v) is 11.6. The molecule has 2 aliphatic rings. The highest BCUT2D eigenvalue weighted by atomic mass is 19.3. The van der Waals surface area contributed by atoms with E-state index >= 15 is 0 Å². The smallest absolute Gasteiger partial charge is 0.404 e. The van der Waals surface area contributed by atoms with Gasteiger partial charge in [0.2, 0.25) is 0 Å². The minimum absolute atomic E-state index is 0.00543. The van der Waals surface area contributed by atoms with Crippen LogP contribution in [0.15, 0.2) is 30.6 Å². The number of carboxylic acid groups (broad SMARTS) is 1. The lowest BCUT2D eigenvalue weighted by Gasteiger charge is -2.38. The van der Waals surface area contributed by atoms with Crippen molar-refractivity contribution < 1.29 is 33.0 Å². The van der Waals surface area contributed by atoms with Crippen molar-refractivity contribution in [2.75, 3.05) is 30.4 Å². The third-order valence-corrected chi connectivity index (χ3v) is 6.29. The number of anilines is 2. The maximum atomic E-state index is 14.4. The Morgan fingerprint density at radius 2 is 2.08 bits per heavy atom. The summed E-state index contributed by atoms with van der Waals surface area (Å²) in [4.78, 5) is 30.0. The maximum absolute atomic E-state index is 14.4. The highest BCUT2D eigenvalue weighted by Crippen LogP contribution is 2.41. The number of nitrogens with zero attached hydrogens (tertiary/aromatic N) is 4. The summed E-state index contributed by atoms with van der Waals surface area (Å²) in [6.45, 7) is 3.32. The third kappa shape index (κ3) is 4.93. The molecular formula is C24H26F2N6O5. The molecule has 1 saturated heterocycles. The average Bonchev–Trinajstić information content (AvgIpc) is 3.35. The molecule has 4 heterocycles. The first-order valence-electron chi connectivity index (χ1n) is 11.6. The minimum atomic E-state index is -3.12. The molecule has 37 heavy (non-hydrogen) atoms. The molecule has 1 atom stereocenters. The van der Waals surface area contributed by atoms with Gasteiger partial charge in [-0.25, -0.2) is 23.1 Å². The molecule has 1 unspecified atom stereocenters. The van der Waals surface area contributed by atoms with Gasteiger partial charge in [0, 0.05) is 37.2 Å². The molecule has 3 aromatic rings. The van der Waals surface area contributed by atoms with E-state index in [0.717, 1.165) is 5.56 Å².